The van der Waals surface area contributed by atoms with E-state index >= 15 is 0 Å². The summed E-state index contributed by atoms with van der Waals surface area (Å²) in [5.74, 6) is -0.900. The van der Waals surface area contributed by atoms with Crippen molar-refractivity contribution in [2.75, 3.05) is 26.2 Å². The average molecular weight is 546 g/mol. The molecular formula is C25H47N5O8. The first-order valence-electron chi connectivity index (χ1n) is 12.7. The van der Waals surface area contributed by atoms with Crippen molar-refractivity contribution >= 4 is 30.1 Å². The fraction of sp³-hybridized carbons (Fsp3) is 0.800. The van der Waals surface area contributed by atoms with Crippen LogP contribution in [-0.2, 0) is 23.8 Å². The number of hydrogen-bond acceptors (Lipinski definition) is 8. The number of hydrogen-bond donors (Lipinski definition) is 5. The third kappa shape index (κ3) is 20.9. The zero-order valence-electron chi connectivity index (χ0n) is 24.3. The molecule has 0 unspecified atom stereocenters. The first kappa shape index (κ1) is 34.8. The molecule has 0 aliphatic heterocycles. The molecule has 0 bridgehead atoms. The number of unbranched alkanes of at least 4 members (excludes halogenated alkanes) is 1. The Bertz CT molecular complexity index is 797. The van der Waals surface area contributed by atoms with Crippen molar-refractivity contribution < 1.29 is 38.2 Å². The van der Waals surface area contributed by atoms with Crippen LogP contribution in [0.4, 0.5) is 14.4 Å². The van der Waals surface area contributed by atoms with Gasteiger partial charge in [-0.25, -0.2) is 14.4 Å². The molecule has 220 valence electrons. The summed E-state index contributed by atoms with van der Waals surface area (Å²) < 4.78 is 15.5. The normalized spacial score (nSPS) is 12.4. The lowest BCUT2D eigenvalue weighted by atomic mass is 10.1. The summed E-state index contributed by atoms with van der Waals surface area (Å²) in [6.45, 7) is 15.9. The molecular weight excluding hydrogens is 498 g/mol. The van der Waals surface area contributed by atoms with Crippen molar-refractivity contribution in [3.8, 4) is 0 Å². The Kier molecular flexibility index (Phi) is 14.5. The molecule has 0 aliphatic carbocycles. The van der Waals surface area contributed by atoms with Gasteiger partial charge in [0.1, 0.15) is 22.8 Å². The summed E-state index contributed by atoms with van der Waals surface area (Å²) in [6, 6.07) is -0.879. The van der Waals surface area contributed by atoms with Gasteiger partial charge in [-0.05, 0) is 81.6 Å². The minimum absolute atomic E-state index is 0.101. The van der Waals surface area contributed by atoms with E-state index in [4.69, 9.17) is 14.2 Å². The van der Waals surface area contributed by atoms with Crippen molar-refractivity contribution in [1.82, 2.24) is 26.6 Å². The molecule has 0 saturated carbocycles. The van der Waals surface area contributed by atoms with Crippen LogP contribution in [0.3, 0.4) is 0 Å². The van der Waals surface area contributed by atoms with Gasteiger partial charge in [-0.1, -0.05) is 0 Å². The van der Waals surface area contributed by atoms with Gasteiger partial charge < -0.3 is 40.8 Å². The van der Waals surface area contributed by atoms with E-state index in [1.54, 1.807) is 62.3 Å². The highest BCUT2D eigenvalue weighted by Gasteiger charge is 2.24. The maximum Gasteiger partial charge on any atom is 0.408 e. The first-order valence-corrected chi connectivity index (χ1v) is 12.7. The van der Waals surface area contributed by atoms with Crippen molar-refractivity contribution in [1.29, 1.82) is 0 Å². The van der Waals surface area contributed by atoms with Gasteiger partial charge >= 0.3 is 18.3 Å². The minimum Gasteiger partial charge on any atom is -0.444 e. The third-order valence-corrected chi connectivity index (χ3v) is 4.13. The van der Waals surface area contributed by atoms with E-state index in [0.29, 0.717) is 25.8 Å². The number of nitrogens with one attached hydrogen (secondary N) is 5. The quantitative estimate of drug-likeness (QED) is 0.183. The van der Waals surface area contributed by atoms with Gasteiger partial charge in [0.25, 0.3) is 0 Å². The minimum atomic E-state index is -0.879. The Morgan fingerprint density at radius 1 is 0.579 bits per heavy atom. The molecule has 5 N–H and O–H groups in total. The molecule has 1 atom stereocenters. The van der Waals surface area contributed by atoms with Crippen molar-refractivity contribution in [3.63, 3.8) is 0 Å². The molecule has 0 fully saturated rings. The predicted molar refractivity (Wildman–Crippen MR) is 142 cm³/mol. The van der Waals surface area contributed by atoms with E-state index in [1.165, 1.54) is 0 Å². The summed E-state index contributed by atoms with van der Waals surface area (Å²) in [7, 11) is 0. The van der Waals surface area contributed by atoms with E-state index in [0.717, 1.165) is 0 Å². The van der Waals surface area contributed by atoms with Crippen LogP contribution in [0.2, 0.25) is 0 Å². The number of ether oxygens (including phenoxy) is 3. The predicted octanol–water partition coefficient (Wildman–Crippen LogP) is 2.33. The molecule has 0 aromatic carbocycles. The van der Waals surface area contributed by atoms with Crippen LogP contribution in [0.25, 0.3) is 0 Å². The SMILES string of the molecule is CC(C)(C)OC(=O)NCCCC[C@H](NC(=O)OC(C)(C)C)C(=O)NCCNC(=O)CNC(=O)OC(C)(C)C. The van der Waals surface area contributed by atoms with E-state index in [1.807, 2.05) is 0 Å². The number of alkyl carbamates (subject to hydrolysis) is 3. The van der Waals surface area contributed by atoms with E-state index in [-0.39, 0.29) is 19.6 Å². The Hall–Kier alpha value is -3.25. The van der Waals surface area contributed by atoms with Crippen LogP contribution in [0.15, 0.2) is 0 Å². The topological polar surface area (TPSA) is 173 Å². The highest BCUT2D eigenvalue weighted by molar-refractivity contribution is 5.86. The summed E-state index contributed by atoms with van der Waals surface area (Å²) in [4.78, 5) is 60.2. The second-order valence-corrected chi connectivity index (χ2v) is 11.6. The van der Waals surface area contributed by atoms with Crippen molar-refractivity contribution in [2.24, 2.45) is 0 Å². The second-order valence-electron chi connectivity index (χ2n) is 11.6. The lowest BCUT2D eigenvalue weighted by Gasteiger charge is -2.23. The van der Waals surface area contributed by atoms with Gasteiger partial charge in [-0.2, -0.15) is 0 Å². The zero-order chi connectivity index (χ0) is 29.6. The average Bonchev–Trinajstić information content (AvgIpc) is 2.70. The number of carbonyl (C=O) groups excluding carboxylic acids is 5. The summed E-state index contributed by atoms with van der Waals surface area (Å²) in [5.41, 5.74) is -2.01. The molecule has 0 spiro atoms. The third-order valence-electron chi connectivity index (χ3n) is 4.13. The molecule has 0 aromatic heterocycles. The van der Waals surface area contributed by atoms with Crippen LogP contribution < -0.4 is 26.6 Å². The fourth-order valence-corrected chi connectivity index (χ4v) is 2.74. The summed E-state index contributed by atoms with van der Waals surface area (Å²) in [5, 5.41) is 12.8. The molecule has 0 rings (SSSR count). The van der Waals surface area contributed by atoms with Crippen molar-refractivity contribution in [3.05, 3.63) is 0 Å². The van der Waals surface area contributed by atoms with E-state index in [2.05, 4.69) is 26.6 Å². The highest BCUT2D eigenvalue weighted by atomic mass is 16.6. The van der Waals surface area contributed by atoms with Gasteiger partial charge in [0.2, 0.25) is 11.8 Å². The zero-order valence-corrected chi connectivity index (χ0v) is 24.3. The van der Waals surface area contributed by atoms with E-state index < -0.39 is 52.9 Å². The largest absolute Gasteiger partial charge is 0.444 e. The number of carbonyl (C=O) groups is 5. The summed E-state index contributed by atoms with van der Waals surface area (Å²) >= 11 is 0. The standard InChI is InChI=1S/C25H47N5O8/c1-23(2,3)36-20(33)28-13-11-10-12-17(30-22(35)38-25(7,8)9)19(32)27-15-14-26-18(31)16-29-21(34)37-24(4,5)6/h17H,10-16H2,1-9H3,(H,26,31)(H,27,32)(H,28,33)(H,29,34)(H,30,35)/t17-/m0/s1. The number of amides is 5. The van der Waals surface area contributed by atoms with Gasteiger partial charge in [0.05, 0.1) is 6.54 Å². The van der Waals surface area contributed by atoms with Crippen LogP contribution in [0.5, 0.6) is 0 Å². The van der Waals surface area contributed by atoms with Gasteiger partial charge in [-0.3, -0.25) is 9.59 Å². The Morgan fingerprint density at radius 3 is 1.58 bits per heavy atom. The fourth-order valence-electron chi connectivity index (χ4n) is 2.74. The lowest BCUT2D eigenvalue weighted by molar-refractivity contribution is -0.124. The van der Waals surface area contributed by atoms with Crippen molar-refractivity contribution in [2.45, 2.75) is 104 Å². The lowest BCUT2D eigenvalue weighted by Crippen LogP contribution is -2.49. The molecule has 13 heteroatoms. The second kappa shape index (κ2) is 15.9. The van der Waals surface area contributed by atoms with Crippen LogP contribution >= 0.6 is 0 Å². The van der Waals surface area contributed by atoms with E-state index in [9.17, 15) is 24.0 Å². The smallest absolute Gasteiger partial charge is 0.408 e. The molecule has 5 amide bonds. The van der Waals surface area contributed by atoms with Crippen LogP contribution in [-0.4, -0.2) is 79.1 Å². The van der Waals surface area contributed by atoms with Crippen LogP contribution in [0, 0.1) is 0 Å². The molecule has 0 saturated heterocycles. The maximum atomic E-state index is 12.7. The Morgan fingerprint density at radius 2 is 1.05 bits per heavy atom. The van der Waals surface area contributed by atoms with Gasteiger partial charge in [0, 0.05) is 19.6 Å². The van der Waals surface area contributed by atoms with Crippen LogP contribution in [0.1, 0.15) is 81.6 Å². The highest BCUT2D eigenvalue weighted by Crippen LogP contribution is 2.09. The Labute approximate surface area is 225 Å². The van der Waals surface area contributed by atoms with Gasteiger partial charge in [-0.15, -0.1) is 0 Å². The monoisotopic (exact) mass is 545 g/mol. The molecule has 0 heterocycles. The number of rotatable bonds is 12. The Balaban J connectivity index is 4.60. The molecule has 0 aliphatic rings. The van der Waals surface area contributed by atoms with Gasteiger partial charge in [0.15, 0.2) is 0 Å². The molecule has 0 aromatic rings. The molecule has 38 heavy (non-hydrogen) atoms. The molecule has 0 radical (unpaired) electrons. The maximum absolute atomic E-state index is 12.7. The summed E-state index contributed by atoms with van der Waals surface area (Å²) in [6.07, 6.45) is -0.588. The first-order chi connectivity index (χ1) is 17.3. The molecule has 13 nitrogen and oxygen atoms in total.